The van der Waals surface area contributed by atoms with Gasteiger partial charge < -0.3 is 10.1 Å². The van der Waals surface area contributed by atoms with Gasteiger partial charge in [0, 0.05) is 14.1 Å². The van der Waals surface area contributed by atoms with Gasteiger partial charge in [0.05, 0.1) is 12.1 Å². The van der Waals surface area contributed by atoms with E-state index >= 15 is 0 Å². The Morgan fingerprint density at radius 2 is 1.96 bits per heavy atom. The summed E-state index contributed by atoms with van der Waals surface area (Å²) in [5.74, 6) is -0.0471. The Hall–Kier alpha value is -3.55. The Morgan fingerprint density at radius 3 is 2.68 bits per heavy atom. The Labute approximate surface area is 159 Å². The zero-order valence-electron chi connectivity index (χ0n) is 15.2. The summed E-state index contributed by atoms with van der Waals surface area (Å²) < 4.78 is 33.7. The summed E-state index contributed by atoms with van der Waals surface area (Å²) in [5.41, 5.74) is 0.641. The van der Waals surface area contributed by atoms with Crippen LogP contribution in [0.25, 0.3) is 11.0 Å². The summed E-state index contributed by atoms with van der Waals surface area (Å²) in [6.07, 6.45) is 0. The first-order valence-corrected chi connectivity index (χ1v) is 9.51. The Kier molecular flexibility index (Phi) is 5.21. The van der Waals surface area contributed by atoms with Gasteiger partial charge in [0.2, 0.25) is 11.9 Å². The fraction of sp³-hybridized carbons (Fsp3) is 0.286. The predicted molar refractivity (Wildman–Crippen MR) is 98.4 cm³/mol. The monoisotopic (exact) mass is 407 g/mol. The van der Waals surface area contributed by atoms with Crippen LogP contribution in [0.4, 0.5) is 16.7 Å². The molecular weight excluding hydrogens is 390 g/mol. The molecule has 1 aromatic carbocycles. The van der Waals surface area contributed by atoms with Crippen LogP contribution in [0.5, 0.6) is 6.01 Å². The summed E-state index contributed by atoms with van der Waals surface area (Å²) in [6, 6.07) is 3.42. The molecule has 148 valence electrons. The number of hydrogen-bond donors (Lipinski definition) is 3. The third kappa shape index (κ3) is 3.90. The van der Waals surface area contributed by atoms with E-state index in [9.17, 15) is 13.2 Å². The molecule has 3 aromatic rings. The zero-order chi connectivity index (χ0) is 20.3. The number of anilines is 2. The highest BCUT2D eigenvalue weighted by atomic mass is 32.2. The van der Waals surface area contributed by atoms with Crippen LogP contribution in [0, 0.1) is 0 Å². The number of carbonyl (C=O) groups is 1. The molecule has 0 unspecified atom stereocenters. The van der Waals surface area contributed by atoms with E-state index in [0.717, 1.165) is 0 Å². The highest BCUT2D eigenvalue weighted by molar-refractivity contribution is 7.90. The van der Waals surface area contributed by atoms with Crippen LogP contribution in [0.3, 0.4) is 0 Å². The van der Waals surface area contributed by atoms with E-state index < -0.39 is 16.1 Å². The lowest BCUT2D eigenvalue weighted by atomic mass is 10.3. The number of sulfonamides is 1. The number of carbonyl (C=O) groups excluding carboxylic acids is 1. The van der Waals surface area contributed by atoms with E-state index in [2.05, 4.69) is 35.9 Å². The molecule has 0 bridgehead atoms. The van der Waals surface area contributed by atoms with Crippen LogP contribution in [-0.2, 0) is 17.1 Å². The minimum Gasteiger partial charge on any atom is -0.464 e. The second kappa shape index (κ2) is 7.59. The molecule has 0 aliphatic heterocycles. The summed E-state index contributed by atoms with van der Waals surface area (Å²) >= 11 is 0. The highest BCUT2D eigenvalue weighted by Crippen LogP contribution is 2.20. The van der Waals surface area contributed by atoms with Gasteiger partial charge in [0.1, 0.15) is 10.4 Å². The highest BCUT2D eigenvalue weighted by Gasteiger charge is 2.23. The number of hydrogen-bond acceptors (Lipinski definition) is 10. The molecular formula is C14H17N9O4S. The number of ether oxygens (including phenoxy) is 1. The molecule has 3 rings (SSSR count). The van der Waals surface area contributed by atoms with E-state index in [0.29, 0.717) is 12.1 Å². The number of fused-ring (bicyclic) bond motifs is 1. The molecule has 2 aromatic heterocycles. The Bertz CT molecular complexity index is 1130. The van der Waals surface area contributed by atoms with Crippen LogP contribution >= 0.6 is 0 Å². The largest absolute Gasteiger partial charge is 0.464 e. The molecule has 13 nitrogen and oxygen atoms in total. The molecule has 0 spiro atoms. The first kappa shape index (κ1) is 19.2. The Balaban J connectivity index is 1.83. The second-order valence-electron chi connectivity index (χ2n) is 5.34. The molecule has 0 saturated heterocycles. The molecule has 0 aliphatic carbocycles. The standard InChI is InChI=1S/C14H17N9O4S/c1-4-27-14-18-11(15-2)16-12(19-14)17-13(24)21-28(25,26)9-7-5-6-8-10(9)20-22-23(8)3/h5-7H,4H2,1-3H3,(H3,15,16,17,18,19,21,24). The van der Waals surface area contributed by atoms with Crippen molar-refractivity contribution >= 4 is 39.0 Å². The predicted octanol–water partition coefficient (Wildman–Crippen LogP) is 0.104. The normalized spacial score (nSPS) is 11.2. The summed E-state index contributed by atoms with van der Waals surface area (Å²) in [4.78, 5) is 23.8. The van der Waals surface area contributed by atoms with Crippen molar-refractivity contribution in [2.24, 2.45) is 7.05 Å². The van der Waals surface area contributed by atoms with Gasteiger partial charge in [-0.3, -0.25) is 5.32 Å². The molecule has 28 heavy (non-hydrogen) atoms. The minimum atomic E-state index is -4.22. The zero-order valence-corrected chi connectivity index (χ0v) is 16.0. The van der Waals surface area contributed by atoms with Crippen molar-refractivity contribution in [3.05, 3.63) is 18.2 Å². The number of amides is 2. The van der Waals surface area contributed by atoms with Crippen molar-refractivity contribution in [2.45, 2.75) is 11.8 Å². The lowest BCUT2D eigenvalue weighted by Gasteiger charge is -2.10. The lowest BCUT2D eigenvalue weighted by Crippen LogP contribution is -2.35. The fourth-order valence-electron chi connectivity index (χ4n) is 2.27. The van der Waals surface area contributed by atoms with E-state index in [1.807, 2.05) is 4.72 Å². The van der Waals surface area contributed by atoms with Crippen molar-refractivity contribution < 1.29 is 17.9 Å². The van der Waals surface area contributed by atoms with Gasteiger partial charge in [-0.2, -0.15) is 15.0 Å². The number of nitrogens with zero attached hydrogens (tertiary/aromatic N) is 6. The minimum absolute atomic E-state index is 0.0238. The van der Waals surface area contributed by atoms with Crippen LogP contribution in [0.1, 0.15) is 6.92 Å². The quantitative estimate of drug-likeness (QED) is 0.510. The number of benzene rings is 1. The molecule has 2 amide bonds. The lowest BCUT2D eigenvalue weighted by molar-refractivity contribution is 0.256. The number of aryl methyl sites for hydroxylation is 1. The third-order valence-corrected chi connectivity index (χ3v) is 4.82. The summed E-state index contributed by atoms with van der Waals surface area (Å²) in [6.45, 7) is 2.04. The number of aromatic nitrogens is 6. The van der Waals surface area contributed by atoms with Gasteiger partial charge >= 0.3 is 12.0 Å². The molecule has 0 aliphatic rings. The first-order valence-electron chi connectivity index (χ1n) is 8.03. The Morgan fingerprint density at radius 1 is 1.21 bits per heavy atom. The van der Waals surface area contributed by atoms with Crippen molar-refractivity contribution in [1.29, 1.82) is 0 Å². The van der Waals surface area contributed by atoms with Gasteiger partial charge in [0.15, 0.2) is 0 Å². The van der Waals surface area contributed by atoms with Crippen molar-refractivity contribution in [3.8, 4) is 6.01 Å². The van der Waals surface area contributed by atoms with Crippen molar-refractivity contribution in [2.75, 3.05) is 24.3 Å². The van der Waals surface area contributed by atoms with E-state index in [4.69, 9.17) is 4.74 Å². The van der Waals surface area contributed by atoms with Crippen LogP contribution in [-0.4, -0.2) is 58.0 Å². The maximum Gasteiger partial charge on any atom is 0.335 e. The molecule has 0 fully saturated rings. The molecule has 2 heterocycles. The smallest absolute Gasteiger partial charge is 0.335 e. The molecule has 0 radical (unpaired) electrons. The average Bonchev–Trinajstić information content (AvgIpc) is 3.02. The first-order chi connectivity index (χ1) is 13.3. The summed E-state index contributed by atoms with van der Waals surface area (Å²) in [7, 11) is -1.03. The van der Waals surface area contributed by atoms with Gasteiger partial charge in [-0.1, -0.05) is 11.3 Å². The van der Waals surface area contributed by atoms with Gasteiger partial charge in [0.25, 0.3) is 10.0 Å². The molecule has 0 saturated carbocycles. The maximum absolute atomic E-state index is 12.6. The summed E-state index contributed by atoms with van der Waals surface area (Å²) in [5, 5.41) is 12.6. The number of rotatable bonds is 6. The van der Waals surface area contributed by atoms with Gasteiger partial charge in [-0.15, -0.1) is 5.10 Å². The van der Waals surface area contributed by atoms with Crippen LogP contribution < -0.4 is 20.1 Å². The maximum atomic E-state index is 12.6. The van der Waals surface area contributed by atoms with Gasteiger partial charge in [-0.05, 0) is 19.1 Å². The molecule has 3 N–H and O–H groups in total. The molecule has 0 atom stereocenters. The van der Waals surface area contributed by atoms with E-state index in [1.165, 1.54) is 16.8 Å². The van der Waals surface area contributed by atoms with Crippen molar-refractivity contribution in [1.82, 2.24) is 34.7 Å². The molecule has 14 heteroatoms. The third-order valence-electron chi connectivity index (χ3n) is 3.46. The SMILES string of the molecule is CCOc1nc(NC)nc(NC(=O)NS(=O)(=O)c2cccc3c2nnn3C)n1. The van der Waals surface area contributed by atoms with E-state index in [1.54, 1.807) is 27.1 Å². The average molecular weight is 407 g/mol. The van der Waals surface area contributed by atoms with Gasteiger partial charge in [-0.25, -0.2) is 22.6 Å². The second-order valence-corrected chi connectivity index (χ2v) is 7.00. The topological polar surface area (TPSA) is 166 Å². The van der Waals surface area contributed by atoms with E-state index in [-0.39, 0.29) is 28.3 Å². The van der Waals surface area contributed by atoms with Crippen LogP contribution in [0.2, 0.25) is 0 Å². The fourth-order valence-corrected chi connectivity index (χ4v) is 3.33. The van der Waals surface area contributed by atoms with Crippen LogP contribution in [0.15, 0.2) is 23.1 Å². The number of nitrogens with one attached hydrogen (secondary N) is 3. The number of urea groups is 1. The van der Waals surface area contributed by atoms with Crippen molar-refractivity contribution in [3.63, 3.8) is 0 Å².